The number of hydrogen-bond donors (Lipinski definition) is 1. The maximum absolute atomic E-state index is 11.4. The second-order valence-corrected chi connectivity index (χ2v) is 6.84. The molecule has 0 radical (unpaired) electrons. The third kappa shape index (κ3) is 2.54. The fourth-order valence-electron chi connectivity index (χ4n) is 3.23. The van der Waals surface area contributed by atoms with E-state index in [0.29, 0.717) is 18.4 Å². The van der Waals surface area contributed by atoms with E-state index in [-0.39, 0.29) is 0 Å². The van der Waals surface area contributed by atoms with E-state index in [1.165, 1.54) is 16.8 Å². The maximum atomic E-state index is 11.4. The molecule has 1 aromatic rings. The van der Waals surface area contributed by atoms with E-state index in [2.05, 4.69) is 43.9 Å². The average molecular weight is 275 g/mol. The summed E-state index contributed by atoms with van der Waals surface area (Å²) in [6, 6.07) is 6.82. The minimum Gasteiger partial charge on any atom is -0.481 e. The Morgan fingerprint density at radius 1 is 1.45 bits per heavy atom. The molecule has 110 valence electrons. The van der Waals surface area contributed by atoms with Crippen molar-refractivity contribution in [1.29, 1.82) is 0 Å². The predicted octanol–water partition coefficient (Wildman–Crippen LogP) is 3.81. The van der Waals surface area contributed by atoms with Gasteiger partial charge in [0.15, 0.2) is 0 Å². The number of carbonyl (C=O) groups is 1. The van der Waals surface area contributed by atoms with Crippen molar-refractivity contribution in [3.05, 3.63) is 29.3 Å². The van der Waals surface area contributed by atoms with Crippen LogP contribution in [-0.4, -0.2) is 23.7 Å². The van der Waals surface area contributed by atoms with E-state index in [1.807, 2.05) is 13.8 Å². The highest BCUT2D eigenvalue weighted by Crippen LogP contribution is 2.44. The molecule has 0 saturated heterocycles. The Labute approximate surface area is 121 Å². The summed E-state index contributed by atoms with van der Waals surface area (Å²) in [7, 11) is 0. The number of benzene rings is 1. The van der Waals surface area contributed by atoms with Gasteiger partial charge < -0.3 is 10.0 Å². The summed E-state index contributed by atoms with van der Waals surface area (Å²) >= 11 is 0. The summed E-state index contributed by atoms with van der Waals surface area (Å²) in [5, 5.41) is 9.38. The van der Waals surface area contributed by atoms with Crippen LogP contribution in [0.15, 0.2) is 18.2 Å². The Morgan fingerprint density at radius 2 is 2.10 bits per heavy atom. The van der Waals surface area contributed by atoms with Gasteiger partial charge in [0, 0.05) is 24.2 Å². The van der Waals surface area contributed by atoms with Gasteiger partial charge >= 0.3 is 5.97 Å². The van der Waals surface area contributed by atoms with Crippen molar-refractivity contribution in [3.63, 3.8) is 0 Å². The van der Waals surface area contributed by atoms with Crippen LogP contribution in [0.2, 0.25) is 0 Å². The van der Waals surface area contributed by atoms with Crippen LogP contribution in [0.25, 0.3) is 0 Å². The van der Waals surface area contributed by atoms with Crippen molar-refractivity contribution in [2.24, 2.45) is 5.41 Å². The van der Waals surface area contributed by atoms with Gasteiger partial charge in [-0.05, 0) is 58.2 Å². The standard InChI is InChI=1S/C17H25NO2/c1-11(2)18-10-13(9-17(4,5)16(19)20)15-12(3)7-6-8-14(15)18/h6-8,11,13H,9-10H2,1-5H3,(H,19,20). The number of aryl methyl sites for hydroxylation is 1. The van der Waals surface area contributed by atoms with Gasteiger partial charge in [0.05, 0.1) is 5.41 Å². The average Bonchev–Trinajstić information content (AvgIpc) is 2.68. The summed E-state index contributed by atoms with van der Waals surface area (Å²) in [5.41, 5.74) is 3.22. The highest BCUT2D eigenvalue weighted by molar-refractivity contribution is 5.74. The first kappa shape index (κ1) is 14.9. The second kappa shape index (κ2) is 5.12. The lowest BCUT2D eigenvalue weighted by molar-refractivity contribution is -0.147. The van der Waals surface area contributed by atoms with Crippen LogP contribution >= 0.6 is 0 Å². The smallest absolute Gasteiger partial charge is 0.309 e. The molecule has 2 rings (SSSR count). The third-order valence-corrected chi connectivity index (χ3v) is 4.39. The van der Waals surface area contributed by atoms with Crippen LogP contribution < -0.4 is 4.90 Å². The Hall–Kier alpha value is -1.51. The molecule has 0 bridgehead atoms. The number of anilines is 1. The first-order chi connectivity index (χ1) is 9.24. The molecule has 0 spiro atoms. The van der Waals surface area contributed by atoms with Crippen LogP contribution in [0.1, 0.15) is 51.2 Å². The minimum absolute atomic E-state index is 0.305. The molecule has 1 aliphatic rings. The van der Waals surface area contributed by atoms with E-state index in [0.717, 1.165) is 6.54 Å². The van der Waals surface area contributed by atoms with E-state index in [9.17, 15) is 9.90 Å². The zero-order valence-electron chi connectivity index (χ0n) is 13.1. The number of aliphatic carboxylic acids is 1. The lowest BCUT2D eigenvalue weighted by Gasteiger charge is -2.26. The maximum Gasteiger partial charge on any atom is 0.309 e. The highest BCUT2D eigenvalue weighted by atomic mass is 16.4. The molecule has 0 aliphatic carbocycles. The molecule has 0 saturated carbocycles. The fourth-order valence-corrected chi connectivity index (χ4v) is 3.23. The van der Waals surface area contributed by atoms with E-state index in [4.69, 9.17) is 0 Å². The van der Waals surface area contributed by atoms with Crippen molar-refractivity contribution in [1.82, 2.24) is 0 Å². The molecule has 3 heteroatoms. The Kier molecular flexibility index (Phi) is 3.81. The lowest BCUT2D eigenvalue weighted by Crippen LogP contribution is -2.32. The minimum atomic E-state index is -0.712. The molecule has 1 aromatic carbocycles. The van der Waals surface area contributed by atoms with Crippen LogP contribution in [0.3, 0.4) is 0 Å². The van der Waals surface area contributed by atoms with E-state index in [1.54, 1.807) is 0 Å². The monoisotopic (exact) mass is 275 g/mol. The lowest BCUT2D eigenvalue weighted by atomic mass is 9.80. The third-order valence-electron chi connectivity index (χ3n) is 4.39. The summed E-state index contributed by atoms with van der Waals surface area (Å²) in [6.45, 7) is 11.1. The van der Waals surface area contributed by atoms with Crippen LogP contribution in [-0.2, 0) is 4.79 Å². The summed E-state index contributed by atoms with van der Waals surface area (Å²) < 4.78 is 0. The fraction of sp³-hybridized carbons (Fsp3) is 0.588. The number of fused-ring (bicyclic) bond motifs is 1. The van der Waals surface area contributed by atoms with Gasteiger partial charge in [-0.2, -0.15) is 0 Å². The largest absolute Gasteiger partial charge is 0.481 e. The molecule has 20 heavy (non-hydrogen) atoms. The first-order valence-electron chi connectivity index (χ1n) is 7.33. The van der Waals surface area contributed by atoms with Crippen LogP contribution in [0.5, 0.6) is 0 Å². The molecule has 1 heterocycles. The molecule has 1 aliphatic heterocycles. The molecule has 0 aromatic heterocycles. The molecule has 0 amide bonds. The van der Waals surface area contributed by atoms with Gasteiger partial charge in [-0.15, -0.1) is 0 Å². The molecular formula is C17H25NO2. The molecular weight excluding hydrogens is 250 g/mol. The normalized spacial score (nSPS) is 18.5. The molecule has 0 fully saturated rings. The van der Waals surface area contributed by atoms with Gasteiger partial charge in [-0.3, -0.25) is 4.79 Å². The zero-order chi connectivity index (χ0) is 15.1. The van der Waals surface area contributed by atoms with Gasteiger partial charge in [0.25, 0.3) is 0 Å². The van der Waals surface area contributed by atoms with Gasteiger partial charge in [0.2, 0.25) is 0 Å². The Bertz CT molecular complexity index is 520. The number of carboxylic acid groups (broad SMARTS) is 1. The number of carboxylic acids is 1. The summed E-state index contributed by atoms with van der Waals surface area (Å²) in [6.07, 6.45) is 0.684. The Morgan fingerprint density at radius 3 is 2.65 bits per heavy atom. The van der Waals surface area contributed by atoms with Crippen LogP contribution in [0.4, 0.5) is 5.69 Å². The van der Waals surface area contributed by atoms with E-state index < -0.39 is 11.4 Å². The van der Waals surface area contributed by atoms with Crippen molar-refractivity contribution in [3.8, 4) is 0 Å². The molecule has 3 nitrogen and oxygen atoms in total. The SMILES string of the molecule is Cc1cccc2c1C(CC(C)(C)C(=O)O)CN2C(C)C. The van der Waals surface area contributed by atoms with Crippen molar-refractivity contribution >= 4 is 11.7 Å². The van der Waals surface area contributed by atoms with Crippen molar-refractivity contribution in [2.45, 2.75) is 53.0 Å². The second-order valence-electron chi connectivity index (χ2n) is 6.84. The quantitative estimate of drug-likeness (QED) is 0.908. The molecule has 1 N–H and O–H groups in total. The molecule has 1 unspecified atom stereocenters. The van der Waals surface area contributed by atoms with Crippen molar-refractivity contribution < 1.29 is 9.90 Å². The van der Waals surface area contributed by atoms with Crippen LogP contribution in [0, 0.1) is 12.3 Å². The van der Waals surface area contributed by atoms with Gasteiger partial charge in [0.1, 0.15) is 0 Å². The van der Waals surface area contributed by atoms with Crippen molar-refractivity contribution in [2.75, 3.05) is 11.4 Å². The Balaban J connectivity index is 2.37. The number of nitrogens with zero attached hydrogens (tertiary/aromatic N) is 1. The van der Waals surface area contributed by atoms with Gasteiger partial charge in [-0.1, -0.05) is 12.1 Å². The molecule has 1 atom stereocenters. The zero-order valence-corrected chi connectivity index (χ0v) is 13.1. The highest BCUT2D eigenvalue weighted by Gasteiger charge is 2.37. The first-order valence-corrected chi connectivity index (χ1v) is 7.33. The predicted molar refractivity (Wildman–Crippen MR) is 82.4 cm³/mol. The number of rotatable bonds is 4. The summed E-state index contributed by atoms with van der Waals surface area (Å²) in [5.74, 6) is -0.407. The number of hydrogen-bond acceptors (Lipinski definition) is 2. The topological polar surface area (TPSA) is 40.5 Å². The summed E-state index contributed by atoms with van der Waals surface area (Å²) in [4.78, 5) is 13.8. The van der Waals surface area contributed by atoms with Gasteiger partial charge in [-0.25, -0.2) is 0 Å². The van der Waals surface area contributed by atoms with E-state index >= 15 is 0 Å².